The number of benzene rings is 1. The second kappa shape index (κ2) is 5.38. The summed E-state index contributed by atoms with van der Waals surface area (Å²) >= 11 is 0. The van der Waals surface area contributed by atoms with Crippen molar-refractivity contribution in [1.82, 2.24) is 0 Å². The van der Waals surface area contributed by atoms with Crippen molar-refractivity contribution in [2.75, 3.05) is 7.11 Å². The molecule has 1 N–H and O–H groups in total. The second-order valence-corrected chi connectivity index (χ2v) is 5.99. The molecule has 0 saturated heterocycles. The molecule has 0 atom stereocenters. The fourth-order valence-corrected chi connectivity index (χ4v) is 2.97. The smallest absolute Gasteiger partial charge is 0.339 e. The standard InChI is InChI=1S/C13H12O6S/c1-18-9-2-4-10(5-3-9)20(16,17)8-12-11(13(14)15)6-7-19-12/h2-7H,8H2,1H3,(H,14,15). The Hall–Kier alpha value is -2.28. The summed E-state index contributed by atoms with van der Waals surface area (Å²) in [5.74, 6) is -1.28. The molecule has 2 aromatic rings. The van der Waals surface area contributed by atoms with E-state index in [9.17, 15) is 13.2 Å². The molecule has 0 radical (unpaired) electrons. The van der Waals surface area contributed by atoms with Crippen molar-refractivity contribution in [3.8, 4) is 5.75 Å². The van der Waals surface area contributed by atoms with E-state index in [-0.39, 0.29) is 16.2 Å². The first-order chi connectivity index (χ1) is 9.44. The SMILES string of the molecule is COc1ccc(S(=O)(=O)Cc2occc2C(=O)O)cc1. The third-order valence-electron chi connectivity index (χ3n) is 2.72. The fraction of sp³-hybridized carbons (Fsp3) is 0.154. The van der Waals surface area contributed by atoms with Gasteiger partial charge >= 0.3 is 5.97 Å². The monoisotopic (exact) mass is 296 g/mol. The molecule has 0 bridgehead atoms. The van der Waals surface area contributed by atoms with Gasteiger partial charge in [-0.15, -0.1) is 0 Å². The maximum Gasteiger partial charge on any atom is 0.339 e. The van der Waals surface area contributed by atoms with Crippen molar-refractivity contribution in [2.45, 2.75) is 10.6 Å². The summed E-state index contributed by atoms with van der Waals surface area (Å²) in [5, 5.41) is 8.92. The third-order valence-corrected chi connectivity index (χ3v) is 4.35. The minimum atomic E-state index is -3.68. The highest BCUT2D eigenvalue weighted by atomic mass is 32.2. The van der Waals surface area contributed by atoms with Crippen LogP contribution in [0.25, 0.3) is 0 Å². The van der Waals surface area contributed by atoms with E-state index in [1.165, 1.54) is 37.4 Å². The number of hydrogen-bond donors (Lipinski definition) is 1. The van der Waals surface area contributed by atoms with E-state index in [1.807, 2.05) is 0 Å². The Kier molecular flexibility index (Phi) is 3.80. The highest BCUT2D eigenvalue weighted by molar-refractivity contribution is 7.90. The highest BCUT2D eigenvalue weighted by Crippen LogP contribution is 2.22. The van der Waals surface area contributed by atoms with Crippen LogP contribution >= 0.6 is 0 Å². The van der Waals surface area contributed by atoms with Crippen LogP contribution in [0.3, 0.4) is 0 Å². The molecule has 1 aromatic heterocycles. The third kappa shape index (κ3) is 2.83. The van der Waals surface area contributed by atoms with Crippen LogP contribution < -0.4 is 4.74 Å². The minimum absolute atomic E-state index is 0.0750. The summed E-state index contributed by atoms with van der Waals surface area (Å²) in [4.78, 5) is 11.0. The Bertz CT molecular complexity index is 712. The number of ether oxygens (including phenoxy) is 1. The highest BCUT2D eigenvalue weighted by Gasteiger charge is 2.22. The van der Waals surface area contributed by atoms with Gasteiger partial charge in [-0.05, 0) is 30.3 Å². The zero-order valence-corrected chi connectivity index (χ0v) is 11.4. The van der Waals surface area contributed by atoms with Gasteiger partial charge in [0.1, 0.15) is 22.8 Å². The second-order valence-electron chi connectivity index (χ2n) is 4.00. The molecule has 106 valence electrons. The number of hydrogen-bond acceptors (Lipinski definition) is 5. The van der Waals surface area contributed by atoms with Crippen molar-refractivity contribution >= 4 is 15.8 Å². The van der Waals surface area contributed by atoms with Crippen molar-refractivity contribution in [3.63, 3.8) is 0 Å². The number of sulfone groups is 1. The number of carboxylic acids is 1. The molecule has 0 amide bonds. The van der Waals surface area contributed by atoms with Crippen LogP contribution in [0.2, 0.25) is 0 Å². The van der Waals surface area contributed by atoms with Crippen LogP contribution in [0, 0.1) is 0 Å². The normalized spacial score (nSPS) is 11.2. The quantitative estimate of drug-likeness (QED) is 0.906. The van der Waals surface area contributed by atoms with Crippen LogP contribution in [-0.2, 0) is 15.6 Å². The molecule has 0 aliphatic heterocycles. The van der Waals surface area contributed by atoms with E-state index >= 15 is 0 Å². The summed E-state index contributed by atoms with van der Waals surface area (Å²) < 4.78 is 34.3. The Morgan fingerprint density at radius 2 is 1.90 bits per heavy atom. The van der Waals surface area contributed by atoms with Crippen LogP contribution in [0.1, 0.15) is 16.1 Å². The molecule has 20 heavy (non-hydrogen) atoms. The summed E-state index contributed by atoms with van der Waals surface area (Å²) in [6.07, 6.45) is 1.16. The van der Waals surface area contributed by atoms with Gasteiger partial charge in [0, 0.05) is 0 Å². The lowest BCUT2D eigenvalue weighted by Crippen LogP contribution is -2.08. The molecule has 0 aliphatic carbocycles. The molecule has 6 nitrogen and oxygen atoms in total. The zero-order chi connectivity index (χ0) is 14.8. The van der Waals surface area contributed by atoms with Crippen molar-refractivity contribution in [2.24, 2.45) is 0 Å². The summed E-state index contributed by atoms with van der Waals surface area (Å²) in [5.41, 5.74) is -0.151. The summed E-state index contributed by atoms with van der Waals surface area (Å²) in [7, 11) is -2.20. The number of aromatic carboxylic acids is 1. The van der Waals surface area contributed by atoms with Gasteiger partial charge in [0.2, 0.25) is 0 Å². The van der Waals surface area contributed by atoms with Crippen LogP contribution in [-0.4, -0.2) is 26.6 Å². The van der Waals surface area contributed by atoms with Gasteiger partial charge in [0.25, 0.3) is 0 Å². The maximum absolute atomic E-state index is 12.2. The molecule has 0 unspecified atom stereocenters. The first-order valence-corrected chi connectivity index (χ1v) is 7.26. The van der Waals surface area contributed by atoms with Gasteiger partial charge in [0.05, 0.1) is 18.3 Å². The lowest BCUT2D eigenvalue weighted by molar-refractivity contribution is 0.0695. The van der Waals surface area contributed by atoms with E-state index in [0.717, 1.165) is 6.26 Å². The molecular weight excluding hydrogens is 284 g/mol. The van der Waals surface area contributed by atoms with Gasteiger partial charge in [-0.1, -0.05) is 0 Å². The Morgan fingerprint density at radius 1 is 1.25 bits per heavy atom. The number of rotatable bonds is 5. The number of methoxy groups -OCH3 is 1. The topological polar surface area (TPSA) is 93.8 Å². The van der Waals surface area contributed by atoms with E-state index in [2.05, 4.69) is 0 Å². The Balaban J connectivity index is 2.30. The Labute approximate surface area is 115 Å². The van der Waals surface area contributed by atoms with Crippen molar-refractivity contribution < 1.29 is 27.5 Å². The molecule has 0 aliphatic rings. The maximum atomic E-state index is 12.2. The number of carbonyl (C=O) groups is 1. The van der Waals surface area contributed by atoms with E-state index < -0.39 is 21.6 Å². The van der Waals surface area contributed by atoms with Gasteiger partial charge in [0.15, 0.2) is 9.84 Å². The van der Waals surface area contributed by atoms with Crippen LogP contribution in [0.15, 0.2) is 45.9 Å². The summed E-state index contributed by atoms with van der Waals surface area (Å²) in [6.45, 7) is 0. The number of furan rings is 1. The Morgan fingerprint density at radius 3 is 2.45 bits per heavy atom. The zero-order valence-electron chi connectivity index (χ0n) is 10.6. The largest absolute Gasteiger partial charge is 0.497 e. The van der Waals surface area contributed by atoms with Gasteiger partial charge in [-0.2, -0.15) is 0 Å². The molecule has 1 heterocycles. The van der Waals surface area contributed by atoms with E-state index in [4.69, 9.17) is 14.3 Å². The molecule has 0 spiro atoms. The van der Waals surface area contributed by atoms with Crippen LogP contribution in [0.4, 0.5) is 0 Å². The molecular formula is C13H12O6S. The minimum Gasteiger partial charge on any atom is -0.497 e. The molecule has 0 saturated carbocycles. The predicted molar refractivity (Wildman–Crippen MR) is 69.6 cm³/mol. The fourth-order valence-electron chi connectivity index (χ4n) is 1.68. The van der Waals surface area contributed by atoms with E-state index in [1.54, 1.807) is 0 Å². The molecule has 0 fully saturated rings. The molecule has 7 heteroatoms. The number of carboxylic acid groups (broad SMARTS) is 1. The van der Waals surface area contributed by atoms with Crippen molar-refractivity contribution in [3.05, 3.63) is 47.9 Å². The lowest BCUT2D eigenvalue weighted by Gasteiger charge is -2.05. The van der Waals surface area contributed by atoms with Crippen molar-refractivity contribution in [1.29, 1.82) is 0 Å². The van der Waals surface area contributed by atoms with E-state index in [0.29, 0.717) is 5.75 Å². The lowest BCUT2D eigenvalue weighted by atomic mass is 10.3. The average Bonchev–Trinajstić information content (AvgIpc) is 2.86. The summed E-state index contributed by atoms with van der Waals surface area (Å²) in [6, 6.07) is 7.07. The molecule has 1 aromatic carbocycles. The van der Waals surface area contributed by atoms with Gasteiger partial charge < -0.3 is 14.3 Å². The first-order valence-electron chi connectivity index (χ1n) is 5.60. The van der Waals surface area contributed by atoms with Gasteiger partial charge in [-0.3, -0.25) is 0 Å². The van der Waals surface area contributed by atoms with Crippen LogP contribution in [0.5, 0.6) is 5.75 Å². The predicted octanol–water partition coefficient (Wildman–Crippen LogP) is 1.96. The molecule has 2 rings (SSSR count). The van der Waals surface area contributed by atoms with Gasteiger partial charge in [-0.25, -0.2) is 13.2 Å². The average molecular weight is 296 g/mol. The first kappa shape index (κ1) is 14.1.